The molecule has 23 heavy (non-hydrogen) atoms. The number of hydrogen-bond acceptors (Lipinski definition) is 6. The predicted octanol–water partition coefficient (Wildman–Crippen LogP) is 3.23. The van der Waals surface area contributed by atoms with Crippen LogP contribution in [0.25, 0.3) is 0 Å². The summed E-state index contributed by atoms with van der Waals surface area (Å²) in [5.41, 5.74) is 1.40. The average Bonchev–Trinajstić information content (AvgIpc) is 2.47. The molecule has 0 atom stereocenters. The highest BCUT2D eigenvalue weighted by molar-refractivity contribution is 9.10. The van der Waals surface area contributed by atoms with Gasteiger partial charge in [-0.2, -0.15) is 0 Å². The standard InChI is InChI=1S/C16H18BrNO5/c1-4-21-14(19)10-5-6-12(17)13(7-10)18-8-11-9-22-16(2,3)23-15(11)20/h5-8,18H,4,9H2,1-3H3/b11-8+. The highest BCUT2D eigenvalue weighted by atomic mass is 79.9. The fraction of sp³-hybridized carbons (Fsp3) is 0.375. The van der Waals surface area contributed by atoms with Crippen LogP contribution in [0.4, 0.5) is 5.69 Å². The summed E-state index contributed by atoms with van der Waals surface area (Å²) < 4.78 is 16.3. The van der Waals surface area contributed by atoms with Crippen LogP contribution in [0.5, 0.6) is 0 Å². The molecule has 1 fully saturated rings. The molecule has 1 aromatic carbocycles. The zero-order valence-corrected chi connectivity index (χ0v) is 14.7. The van der Waals surface area contributed by atoms with E-state index in [0.717, 1.165) is 4.47 Å². The summed E-state index contributed by atoms with van der Waals surface area (Å²) in [4.78, 5) is 23.6. The SMILES string of the molecule is CCOC(=O)c1ccc(Br)c(N/C=C2\COC(C)(C)OC2=O)c1. The van der Waals surface area contributed by atoms with Crippen LogP contribution in [0.1, 0.15) is 31.1 Å². The number of rotatable bonds is 4. The van der Waals surface area contributed by atoms with E-state index in [1.807, 2.05) is 0 Å². The molecule has 124 valence electrons. The van der Waals surface area contributed by atoms with Crippen molar-refractivity contribution in [2.24, 2.45) is 0 Å². The van der Waals surface area contributed by atoms with E-state index in [1.165, 1.54) is 6.20 Å². The third-order valence-electron chi connectivity index (χ3n) is 3.06. The molecule has 1 aromatic rings. The van der Waals surface area contributed by atoms with Crippen molar-refractivity contribution < 1.29 is 23.8 Å². The Bertz CT molecular complexity index is 654. The van der Waals surface area contributed by atoms with Crippen molar-refractivity contribution in [3.05, 3.63) is 40.0 Å². The molecule has 0 unspecified atom stereocenters. The second kappa shape index (κ2) is 7.14. The Morgan fingerprint density at radius 3 is 2.87 bits per heavy atom. The normalized spacial score (nSPS) is 18.4. The molecule has 1 aliphatic heterocycles. The van der Waals surface area contributed by atoms with Gasteiger partial charge in [0.25, 0.3) is 0 Å². The third-order valence-corrected chi connectivity index (χ3v) is 3.75. The van der Waals surface area contributed by atoms with Gasteiger partial charge in [-0.1, -0.05) is 0 Å². The molecule has 1 saturated heterocycles. The van der Waals surface area contributed by atoms with Crippen LogP contribution in [-0.4, -0.2) is 30.9 Å². The summed E-state index contributed by atoms with van der Waals surface area (Å²) in [6.45, 7) is 5.55. The van der Waals surface area contributed by atoms with Gasteiger partial charge in [0.1, 0.15) is 0 Å². The lowest BCUT2D eigenvalue weighted by molar-refractivity contribution is -0.223. The van der Waals surface area contributed by atoms with Crippen LogP contribution in [0, 0.1) is 0 Å². The number of esters is 2. The monoisotopic (exact) mass is 383 g/mol. The zero-order valence-electron chi connectivity index (χ0n) is 13.1. The molecule has 7 heteroatoms. The minimum atomic E-state index is -0.918. The molecule has 1 aliphatic rings. The molecule has 0 saturated carbocycles. The quantitative estimate of drug-likeness (QED) is 0.635. The second-order valence-electron chi connectivity index (χ2n) is 5.31. The van der Waals surface area contributed by atoms with E-state index in [2.05, 4.69) is 21.2 Å². The molecular weight excluding hydrogens is 366 g/mol. The minimum absolute atomic E-state index is 0.147. The van der Waals surface area contributed by atoms with E-state index in [9.17, 15) is 9.59 Å². The van der Waals surface area contributed by atoms with E-state index in [0.29, 0.717) is 23.4 Å². The maximum atomic E-state index is 11.9. The first-order valence-electron chi connectivity index (χ1n) is 7.12. The molecule has 0 amide bonds. The number of anilines is 1. The van der Waals surface area contributed by atoms with Crippen molar-refractivity contribution in [1.29, 1.82) is 0 Å². The number of cyclic esters (lactones) is 1. The fourth-order valence-electron chi connectivity index (χ4n) is 1.87. The van der Waals surface area contributed by atoms with Crippen LogP contribution in [0.15, 0.2) is 34.4 Å². The minimum Gasteiger partial charge on any atom is -0.462 e. The van der Waals surface area contributed by atoms with Crippen LogP contribution in [0.3, 0.4) is 0 Å². The maximum Gasteiger partial charge on any atom is 0.340 e. The van der Waals surface area contributed by atoms with Gasteiger partial charge in [-0.05, 0) is 41.1 Å². The maximum absolute atomic E-state index is 11.9. The molecule has 6 nitrogen and oxygen atoms in total. The number of ether oxygens (including phenoxy) is 3. The van der Waals surface area contributed by atoms with Gasteiger partial charge in [-0.3, -0.25) is 0 Å². The van der Waals surface area contributed by atoms with Gasteiger partial charge in [-0.25, -0.2) is 9.59 Å². The summed E-state index contributed by atoms with van der Waals surface area (Å²) in [7, 11) is 0. The van der Waals surface area contributed by atoms with Gasteiger partial charge < -0.3 is 19.5 Å². The van der Waals surface area contributed by atoms with Crippen molar-refractivity contribution in [2.75, 3.05) is 18.5 Å². The Morgan fingerprint density at radius 1 is 1.48 bits per heavy atom. The average molecular weight is 384 g/mol. The third kappa shape index (κ3) is 4.56. The van der Waals surface area contributed by atoms with Gasteiger partial charge in [0, 0.05) is 24.5 Å². The predicted molar refractivity (Wildman–Crippen MR) is 87.9 cm³/mol. The highest BCUT2D eigenvalue weighted by Crippen LogP contribution is 2.26. The van der Waals surface area contributed by atoms with E-state index >= 15 is 0 Å². The molecular formula is C16H18BrNO5. The second-order valence-corrected chi connectivity index (χ2v) is 6.16. The number of nitrogens with one attached hydrogen (secondary N) is 1. The van der Waals surface area contributed by atoms with Gasteiger partial charge in [0.2, 0.25) is 5.79 Å². The molecule has 0 aromatic heterocycles. The van der Waals surface area contributed by atoms with Crippen LogP contribution in [-0.2, 0) is 19.0 Å². The summed E-state index contributed by atoms with van der Waals surface area (Å²) >= 11 is 3.39. The molecule has 1 N–H and O–H groups in total. The number of halogens is 1. The Balaban J connectivity index is 2.14. The van der Waals surface area contributed by atoms with Crippen molar-refractivity contribution in [2.45, 2.75) is 26.6 Å². The molecule has 0 bridgehead atoms. The van der Waals surface area contributed by atoms with Gasteiger partial charge >= 0.3 is 11.9 Å². The van der Waals surface area contributed by atoms with Gasteiger partial charge in [0.05, 0.1) is 30.0 Å². The summed E-state index contributed by atoms with van der Waals surface area (Å²) in [5, 5.41) is 2.98. The van der Waals surface area contributed by atoms with E-state index in [1.54, 1.807) is 39.0 Å². The van der Waals surface area contributed by atoms with Crippen molar-refractivity contribution in [3.8, 4) is 0 Å². The molecule has 0 aliphatic carbocycles. The number of benzene rings is 1. The van der Waals surface area contributed by atoms with Gasteiger partial charge in [0.15, 0.2) is 0 Å². The van der Waals surface area contributed by atoms with Crippen LogP contribution < -0.4 is 5.32 Å². The Kier molecular flexibility index (Phi) is 5.43. The largest absolute Gasteiger partial charge is 0.462 e. The topological polar surface area (TPSA) is 73.9 Å². The smallest absolute Gasteiger partial charge is 0.340 e. The lowest BCUT2D eigenvalue weighted by atomic mass is 10.2. The Hall–Kier alpha value is -1.86. The van der Waals surface area contributed by atoms with Crippen molar-refractivity contribution in [3.63, 3.8) is 0 Å². The van der Waals surface area contributed by atoms with E-state index in [-0.39, 0.29) is 6.61 Å². The first kappa shape index (κ1) is 17.5. The van der Waals surface area contributed by atoms with Crippen molar-refractivity contribution in [1.82, 2.24) is 0 Å². The highest BCUT2D eigenvalue weighted by Gasteiger charge is 2.31. The molecule has 0 radical (unpaired) electrons. The number of carbonyl (C=O) groups is 2. The van der Waals surface area contributed by atoms with Crippen LogP contribution >= 0.6 is 15.9 Å². The summed E-state index contributed by atoms with van der Waals surface area (Å²) in [5.74, 6) is -1.76. The lowest BCUT2D eigenvalue weighted by Crippen LogP contribution is -2.38. The van der Waals surface area contributed by atoms with Crippen LogP contribution in [0.2, 0.25) is 0 Å². The van der Waals surface area contributed by atoms with Gasteiger partial charge in [-0.15, -0.1) is 0 Å². The lowest BCUT2D eigenvalue weighted by Gasteiger charge is -2.30. The molecule has 1 heterocycles. The summed E-state index contributed by atoms with van der Waals surface area (Å²) in [6.07, 6.45) is 1.51. The first-order valence-corrected chi connectivity index (χ1v) is 7.91. The molecule has 0 spiro atoms. The van der Waals surface area contributed by atoms with E-state index in [4.69, 9.17) is 14.2 Å². The fourth-order valence-corrected chi connectivity index (χ4v) is 2.23. The first-order chi connectivity index (χ1) is 10.8. The molecule has 2 rings (SSSR count). The Labute approximate surface area is 142 Å². The van der Waals surface area contributed by atoms with E-state index < -0.39 is 17.7 Å². The number of carbonyl (C=O) groups excluding carboxylic acids is 2. The zero-order chi connectivity index (χ0) is 17.0. The summed E-state index contributed by atoms with van der Waals surface area (Å²) in [6, 6.07) is 5.02. The Morgan fingerprint density at radius 2 is 2.22 bits per heavy atom. The van der Waals surface area contributed by atoms with Crippen molar-refractivity contribution >= 4 is 33.6 Å². The number of hydrogen-bond donors (Lipinski definition) is 1.